The lowest BCUT2D eigenvalue weighted by Crippen LogP contribution is -2.11. The summed E-state index contributed by atoms with van der Waals surface area (Å²) in [5.41, 5.74) is 0.851. The van der Waals surface area contributed by atoms with Crippen molar-refractivity contribution in [2.75, 3.05) is 18.5 Å². The number of hydrogen-bond donors (Lipinski definition) is 1. The zero-order chi connectivity index (χ0) is 15.9. The number of ether oxygens (including phenoxy) is 2. The SMILES string of the molecule is CCOC(=O)c1c(Cl)ncnc1Nc1ccc(OCC)cc1. The average Bonchev–Trinajstić information content (AvgIpc) is 2.50. The van der Waals surface area contributed by atoms with Gasteiger partial charge >= 0.3 is 5.97 Å². The Morgan fingerprint density at radius 2 is 1.91 bits per heavy atom. The summed E-state index contributed by atoms with van der Waals surface area (Å²) in [6.07, 6.45) is 1.28. The molecule has 0 bridgehead atoms. The van der Waals surface area contributed by atoms with Crippen LogP contribution in [0, 0.1) is 0 Å². The van der Waals surface area contributed by atoms with Crippen molar-refractivity contribution in [1.29, 1.82) is 0 Å². The lowest BCUT2D eigenvalue weighted by atomic mass is 10.2. The van der Waals surface area contributed by atoms with Crippen LogP contribution in [-0.4, -0.2) is 29.2 Å². The predicted molar refractivity (Wildman–Crippen MR) is 83.9 cm³/mol. The summed E-state index contributed by atoms with van der Waals surface area (Å²) in [6, 6.07) is 7.27. The average molecular weight is 322 g/mol. The van der Waals surface area contributed by atoms with Crippen molar-refractivity contribution in [3.8, 4) is 5.75 Å². The summed E-state index contributed by atoms with van der Waals surface area (Å²) in [5.74, 6) is 0.489. The molecule has 2 rings (SSSR count). The number of carbonyl (C=O) groups excluding carboxylic acids is 1. The zero-order valence-electron chi connectivity index (χ0n) is 12.3. The molecule has 0 fully saturated rings. The molecule has 7 heteroatoms. The van der Waals surface area contributed by atoms with Gasteiger partial charge in [-0.3, -0.25) is 0 Å². The topological polar surface area (TPSA) is 73.3 Å². The van der Waals surface area contributed by atoms with Crippen LogP contribution in [-0.2, 0) is 4.74 Å². The van der Waals surface area contributed by atoms with E-state index in [1.54, 1.807) is 6.92 Å². The van der Waals surface area contributed by atoms with Crippen molar-refractivity contribution in [3.05, 3.63) is 41.3 Å². The fraction of sp³-hybridized carbons (Fsp3) is 0.267. The number of hydrogen-bond acceptors (Lipinski definition) is 6. The molecular weight excluding hydrogens is 306 g/mol. The maximum atomic E-state index is 12.0. The Morgan fingerprint density at radius 3 is 2.55 bits per heavy atom. The number of nitrogens with zero attached hydrogens (tertiary/aromatic N) is 2. The van der Waals surface area contributed by atoms with Gasteiger partial charge in [-0.15, -0.1) is 0 Å². The number of benzene rings is 1. The van der Waals surface area contributed by atoms with Gasteiger partial charge in [0.05, 0.1) is 13.2 Å². The minimum Gasteiger partial charge on any atom is -0.494 e. The summed E-state index contributed by atoms with van der Waals surface area (Å²) in [5, 5.41) is 3.07. The summed E-state index contributed by atoms with van der Waals surface area (Å²) in [7, 11) is 0. The highest BCUT2D eigenvalue weighted by Crippen LogP contribution is 2.25. The maximum absolute atomic E-state index is 12.0. The first-order valence-electron chi connectivity index (χ1n) is 6.83. The van der Waals surface area contributed by atoms with E-state index in [-0.39, 0.29) is 17.3 Å². The molecule has 0 radical (unpaired) electrons. The summed E-state index contributed by atoms with van der Waals surface area (Å²) in [6.45, 7) is 4.48. The Kier molecular flexibility index (Phi) is 5.55. The van der Waals surface area contributed by atoms with E-state index in [0.717, 1.165) is 11.4 Å². The van der Waals surface area contributed by atoms with Crippen LogP contribution in [0.2, 0.25) is 5.15 Å². The molecule has 0 aliphatic heterocycles. The number of nitrogens with one attached hydrogen (secondary N) is 1. The van der Waals surface area contributed by atoms with Crippen LogP contribution in [0.5, 0.6) is 5.75 Å². The van der Waals surface area contributed by atoms with Crippen molar-refractivity contribution in [1.82, 2.24) is 9.97 Å². The van der Waals surface area contributed by atoms with Crippen molar-refractivity contribution in [2.24, 2.45) is 0 Å². The molecule has 0 aliphatic rings. The number of esters is 1. The van der Waals surface area contributed by atoms with Gasteiger partial charge in [0, 0.05) is 5.69 Å². The van der Waals surface area contributed by atoms with Gasteiger partial charge < -0.3 is 14.8 Å². The van der Waals surface area contributed by atoms with E-state index in [1.165, 1.54) is 6.33 Å². The summed E-state index contributed by atoms with van der Waals surface area (Å²) < 4.78 is 10.4. The second-order valence-corrected chi connectivity index (χ2v) is 4.55. The Labute approximate surface area is 133 Å². The van der Waals surface area contributed by atoms with Gasteiger partial charge in [-0.25, -0.2) is 14.8 Å². The van der Waals surface area contributed by atoms with E-state index in [9.17, 15) is 4.79 Å². The number of halogens is 1. The van der Waals surface area contributed by atoms with Gasteiger partial charge in [-0.2, -0.15) is 0 Å². The smallest absolute Gasteiger partial charge is 0.345 e. The Bertz CT molecular complexity index is 647. The molecule has 1 N–H and O–H groups in total. The van der Waals surface area contributed by atoms with E-state index in [1.807, 2.05) is 31.2 Å². The van der Waals surface area contributed by atoms with Gasteiger partial charge in [0.15, 0.2) is 0 Å². The van der Waals surface area contributed by atoms with Crippen LogP contribution < -0.4 is 10.1 Å². The molecule has 2 aromatic rings. The van der Waals surface area contributed by atoms with Crippen molar-refractivity contribution >= 4 is 29.1 Å². The van der Waals surface area contributed by atoms with Gasteiger partial charge in [0.25, 0.3) is 0 Å². The molecule has 0 aliphatic carbocycles. The molecule has 0 spiro atoms. The highest BCUT2D eigenvalue weighted by atomic mass is 35.5. The number of rotatable bonds is 6. The maximum Gasteiger partial charge on any atom is 0.345 e. The highest BCUT2D eigenvalue weighted by molar-refractivity contribution is 6.33. The quantitative estimate of drug-likeness (QED) is 0.649. The standard InChI is InChI=1S/C15H16ClN3O3/c1-3-21-11-7-5-10(6-8-11)19-14-12(15(20)22-4-2)13(16)17-9-18-14/h5-9H,3-4H2,1-2H3,(H,17,18,19). The van der Waals surface area contributed by atoms with E-state index in [4.69, 9.17) is 21.1 Å². The third kappa shape index (κ3) is 3.85. The lowest BCUT2D eigenvalue weighted by Gasteiger charge is -2.11. The zero-order valence-corrected chi connectivity index (χ0v) is 13.1. The summed E-state index contributed by atoms with van der Waals surface area (Å²) in [4.78, 5) is 19.8. The van der Waals surface area contributed by atoms with E-state index >= 15 is 0 Å². The summed E-state index contributed by atoms with van der Waals surface area (Å²) >= 11 is 5.98. The Morgan fingerprint density at radius 1 is 1.18 bits per heavy atom. The molecule has 0 unspecified atom stereocenters. The first-order chi connectivity index (χ1) is 10.7. The van der Waals surface area contributed by atoms with Crippen LogP contribution in [0.3, 0.4) is 0 Å². The van der Waals surface area contributed by atoms with Crippen LogP contribution >= 0.6 is 11.6 Å². The molecule has 0 saturated heterocycles. The second-order valence-electron chi connectivity index (χ2n) is 4.19. The third-order valence-electron chi connectivity index (χ3n) is 2.71. The lowest BCUT2D eigenvalue weighted by molar-refractivity contribution is 0.0527. The van der Waals surface area contributed by atoms with Crippen LogP contribution in [0.1, 0.15) is 24.2 Å². The predicted octanol–water partition coefficient (Wildman–Crippen LogP) is 3.45. The van der Waals surface area contributed by atoms with Gasteiger partial charge in [0.2, 0.25) is 0 Å². The second kappa shape index (κ2) is 7.61. The van der Waals surface area contributed by atoms with Crippen LogP contribution in [0.25, 0.3) is 0 Å². The molecule has 1 aromatic heterocycles. The normalized spacial score (nSPS) is 10.1. The molecule has 1 aromatic carbocycles. The van der Waals surface area contributed by atoms with Gasteiger partial charge in [-0.05, 0) is 38.1 Å². The van der Waals surface area contributed by atoms with Crippen molar-refractivity contribution in [3.63, 3.8) is 0 Å². The molecule has 116 valence electrons. The van der Waals surface area contributed by atoms with E-state index in [0.29, 0.717) is 12.4 Å². The molecule has 0 atom stereocenters. The van der Waals surface area contributed by atoms with E-state index < -0.39 is 5.97 Å². The Balaban J connectivity index is 2.25. The Hall–Kier alpha value is -2.34. The first kappa shape index (κ1) is 16.0. The minimum absolute atomic E-state index is 0.0434. The van der Waals surface area contributed by atoms with Crippen LogP contribution in [0.4, 0.5) is 11.5 Å². The van der Waals surface area contributed by atoms with Crippen LogP contribution in [0.15, 0.2) is 30.6 Å². The molecular formula is C15H16ClN3O3. The molecule has 22 heavy (non-hydrogen) atoms. The monoisotopic (exact) mass is 321 g/mol. The first-order valence-corrected chi connectivity index (χ1v) is 7.21. The van der Waals surface area contributed by atoms with Gasteiger partial charge in [0.1, 0.15) is 28.6 Å². The molecule has 0 amide bonds. The fourth-order valence-corrected chi connectivity index (χ4v) is 1.99. The third-order valence-corrected chi connectivity index (χ3v) is 3.00. The molecule has 6 nitrogen and oxygen atoms in total. The largest absolute Gasteiger partial charge is 0.494 e. The number of aromatic nitrogens is 2. The number of anilines is 2. The molecule has 1 heterocycles. The minimum atomic E-state index is -0.568. The van der Waals surface area contributed by atoms with Crippen molar-refractivity contribution in [2.45, 2.75) is 13.8 Å². The fourth-order valence-electron chi connectivity index (χ4n) is 1.78. The van der Waals surface area contributed by atoms with Gasteiger partial charge in [-0.1, -0.05) is 11.6 Å². The molecule has 0 saturated carbocycles. The highest BCUT2D eigenvalue weighted by Gasteiger charge is 2.19. The van der Waals surface area contributed by atoms with Crippen molar-refractivity contribution < 1.29 is 14.3 Å². The number of carbonyl (C=O) groups is 1. The van der Waals surface area contributed by atoms with E-state index in [2.05, 4.69) is 15.3 Å².